The number of carbonyl (C=O) groups excluding carboxylic acids is 1. The maximum absolute atomic E-state index is 11.5. The van der Waals surface area contributed by atoms with E-state index in [1.165, 1.54) is 6.08 Å². The molecule has 0 amide bonds. The van der Waals surface area contributed by atoms with Crippen LogP contribution in [-0.4, -0.2) is 24.6 Å². The van der Waals surface area contributed by atoms with Gasteiger partial charge in [0.15, 0.2) is 5.78 Å². The SMILES string of the molecule is C=C(COC)CC1=C(O)C(Cl)=CCC1=O. The average molecular weight is 229 g/mol. The molecule has 0 aromatic heterocycles. The lowest BCUT2D eigenvalue weighted by Crippen LogP contribution is -2.11. The summed E-state index contributed by atoms with van der Waals surface area (Å²) < 4.78 is 4.88. The van der Waals surface area contributed by atoms with Crippen molar-refractivity contribution in [3.63, 3.8) is 0 Å². The Hall–Kier alpha value is -1.06. The van der Waals surface area contributed by atoms with Crippen LogP contribution in [-0.2, 0) is 9.53 Å². The number of hydrogen-bond acceptors (Lipinski definition) is 3. The van der Waals surface area contributed by atoms with Gasteiger partial charge in [0, 0.05) is 25.5 Å². The van der Waals surface area contributed by atoms with Crippen LogP contribution in [0.1, 0.15) is 12.8 Å². The molecule has 0 aliphatic heterocycles. The van der Waals surface area contributed by atoms with Crippen LogP contribution in [0, 0.1) is 0 Å². The maximum Gasteiger partial charge on any atom is 0.166 e. The number of rotatable bonds is 4. The number of ketones is 1. The van der Waals surface area contributed by atoms with Gasteiger partial charge in [-0.3, -0.25) is 4.79 Å². The van der Waals surface area contributed by atoms with Crippen LogP contribution in [0.25, 0.3) is 0 Å². The van der Waals surface area contributed by atoms with Crippen molar-refractivity contribution in [1.82, 2.24) is 0 Å². The van der Waals surface area contributed by atoms with Crippen molar-refractivity contribution < 1.29 is 14.6 Å². The van der Waals surface area contributed by atoms with Crippen molar-refractivity contribution in [1.29, 1.82) is 0 Å². The number of Topliss-reactive ketones (excluding diaryl/α,β-unsaturated/α-hetero) is 1. The van der Waals surface area contributed by atoms with E-state index in [0.717, 1.165) is 5.57 Å². The summed E-state index contributed by atoms with van der Waals surface area (Å²) >= 11 is 5.73. The first-order chi connectivity index (χ1) is 7.06. The molecule has 0 atom stereocenters. The summed E-state index contributed by atoms with van der Waals surface area (Å²) in [5.41, 5.74) is 1.06. The fourth-order valence-electron chi connectivity index (χ4n) is 1.37. The molecule has 0 radical (unpaired) electrons. The maximum atomic E-state index is 11.5. The van der Waals surface area contributed by atoms with E-state index in [2.05, 4.69) is 6.58 Å². The Morgan fingerprint density at radius 1 is 1.73 bits per heavy atom. The minimum atomic E-state index is -0.134. The molecule has 0 saturated carbocycles. The van der Waals surface area contributed by atoms with Gasteiger partial charge in [-0.2, -0.15) is 0 Å². The molecule has 0 aromatic rings. The summed E-state index contributed by atoms with van der Waals surface area (Å²) in [6.45, 7) is 4.11. The van der Waals surface area contributed by atoms with Gasteiger partial charge in [0.25, 0.3) is 0 Å². The molecule has 15 heavy (non-hydrogen) atoms. The normalized spacial score (nSPS) is 16.7. The fraction of sp³-hybridized carbons (Fsp3) is 0.364. The van der Waals surface area contributed by atoms with Gasteiger partial charge in [-0.05, 0) is 5.57 Å². The second kappa shape index (κ2) is 5.14. The minimum absolute atomic E-state index is 0.117. The first-order valence-corrected chi connectivity index (χ1v) is 4.91. The number of hydrogen-bond donors (Lipinski definition) is 1. The van der Waals surface area contributed by atoms with Crippen LogP contribution in [0.4, 0.5) is 0 Å². The van der Waals surface area contributed by atoms with Crippen LogP contribution < -0.4 is 0 Å². The van der Waals surface area contributed by atoms with E-state index in [9.17, 15) is 9.90 Å². The zero-order valence-corrected chi connectivity index (χ0v) is 9.30. The Balaban J connectivity index is 2.82. The molecule has 1 aliphatic carbocycles. The lowest BCUT2D eigenvalue weighted by Gasteiger charge is -2.14. The lowest BCUT2D eigenvalue weighted by molar-refractivity contribution is -0.115. The minimum Gasteiger partial charge on any atom is -0.506 e. The number of methoxy groups -OCH3 is 1. The third-order valence-corrected chi connectivity index (χ3v) is 2.42. The molecule has 0 unspecified atom stereocenters. The molecule has 1 rings (SSSR count). The predicted octanol–water partition coefficient (Wildman–Crippen LogP) is 2.49. The third kappa shape index (κ3) is 2.94. The van der Waals surface area contributed by atoms with Gasteiger partial charge in [0.1, 0.15) is 5.76 Å². The first kappa shape index (κ1) is 12.0. The molecule has 1 N–H and O–H groups in total. The van der Waals surface area contributed by atoms with E-state index in [1.54, 1.807) is 7.11 Å². The van der Waals surface area contributed by atoms with E-state index < -0.39 is 0 Å². The van der Waals surface area contributed by atoms with Crippen LogP contribution in [0.2, 0.25) is 0 Å². The smallest absolute Gasteiger partial charge is 0.166 e. The molecule has 82 valence electrons. The van der Waals surface area contributed by atoms with E-state index in [1.807, 2.05) is 0 Å². The molecular formula is C11H13ClO3. The molecule has 0 fully saturated rings. The molecule has 0 heterocycles. The van der Waals surface area contributed by atoms with E-state index in [4.69, 9.17) is 16.3 Å². The molecule has 1 aliphatic rings. The van der Waals surface area contributed by atoms with Gasteiger partial charge < -0.3 is 9.84 Å². The Bertz CT molecular complexity index is 353. The monoisotopic (exact) mass is 228 g/mol. The predicted molar refractivity (Wildman–Crippen MR) is 58.8 cm³/mol. The van der Waals surface area contributed by atoms with E-state index >= 15 is 0 Å². The van der Waals surface area contributed by atoms with Gasteiger partial charge in [-0.25, -0.2) is 0 Å². The van der Waals surface area contributed by atoms with Gasteiger partial charge >= 0.3 is 0 Å². The fourth-order valence-corrected chi connectivity index (χ4v) is 1.56. The summed E-state index contributed by atoms with van der Waals surface area (Å²) in [5.74, 6) is -0.251. The van der Waals surface area contributed by atoms with Crippen LogP contribution in [0.5, 0.6) is 0 Å². The second-order valence-electron chi connectivity index (χ2n) is 3.37. The van der Waals surface area contributed by atoms with Crippen molar-refractivity contribution in [3.8, 4) is 0 Å². The van der Waals surface area contributed by atoms with Crippen molar-refractivity contribution in [3.05, 3.63) is 34.6 Å². The molecule has 0 saturated heterocycles. The van der Waals surface area contributed by atoms with Gasteiger partial charge in [0.2, 0.25) is 0 Å². The number of aliphatic hydroxyl groups excluding tert-OH is 1. The molecule has 4 heteroatoms. The Morgan fingerprint density at radius 3 is 3.00 bits per heavy atom. The molecule has 3 nitrogen and oxygen atoms in total. The summed E-state index contributed by atoms with van der Waals surface area (Å²) in [7, 11) is 1.55. The largest absolute Gasteiger partial charge is 0.506 e. The summed E-state index contributed by atoms with van der Waals surface area (Å²) in [4.78, 5) is 11.5. The van der Waals surface area contributed by atoms with Crippen LogP contribution >= 0.6 is 11.6 Å². The standard InChI is InChI=1S/C11H13ClO3/c1-7(6-15-2)5-8-10(13)4-3-9(12)11(8)14/h3,14H,1,4-6H2,2H3. The van der Waals surface area contributed by atoms with Gasteiger partial charge in [0.05, 0.1) is 11.6 Å². The van der Waals surface area contributed by atoms with Crippen LogP contribution in [0.15, 0.2) is 34.6 Å². The number of aliphatic hydroxyl groups is 1. The number of halogens is 1. The van der Waals surface area contributed by atoms with Crippen molar-refractivity contribution in [2.45, 2.75) is 12.8 Å². The molecule has 0 bridgehead atoms. The summed E-state index contributed by atoms with van der Waals surface area (Å²) in [6, 6.07) is 0. The van der Waals surface area contributed by atoms with Gasteiger partial charge in [-0.1, -0.05) is 24.3 Å². The van der Waals surface area contributed by atoms with Gasteiger partial charge in [-0.15, -0.1) is 0 Å². The summed E-state index contributed by atoms with van der Waals surface area (Å²) in [5, 5.41) is 9.83. The van der Waals surface area contributed by atoms with Crippen molar-refractivity contribution in [2.75, 3.05) is 13.7 Å². The number of allylic oxidation sites excluding steroid dienone is 3. The summed E-state index contributed by atoms with van der Waals surface area (Å²) in [6.07, 6.45) is 2.04. The first-order valence-electron chi connectivity index (χ1n) is 4.53. The molecular weight excluding hydrogens is 216 g/mol. The number of ether oxygens (including phenoxy) is 1. The third-order valence-electron chi connectivity index (χ3n) is 2.09. The molecule has 0 aromatic carbocycles. The average Bonchev–Trinajstić information content (AvgIpc) is 2.19. The Kier molecular flexibility index (Phi) is 4.12. The zero-order chi connectivity index (χ0) is 11.4. The van der Waals surface area contributed by atoms with Crippen molar-refractivity contribution in [2.24, 2.45) is 0 Å². The Labute approximate surface area is 93.7 Å². The number of carbonyl (C=O) groups is 1. The lowest BCUT2D eigenvalue weighted by atomic mass is 9.96. The van der Waals surface area contributed by atoms with E-state index in [0.29, 0.717) is 18.6 Å². The highest BCUT2D eigenvalue weighted by molar-refractivity contribution is 6.32. The highest BCUT2D eigenvalue weighted by Gasteiger charge is 2.21. The highest BCUT2D eigenvalue weighted by Crippen LogP contribution is 2.27. The topological polar surface area (TPSA) is 46.5 Å². The zero-order valence-electron chi connectivity index (χ0n) is 8.55. The van der Waals surface area contributed by atoms with Crippen molar-refractivity contribution >= 4 is 17.4 Å². The quantitative estimate of drug-likeness (QED) is 0.752. The van der Waals surface area contributed by atoms with E-state index in [-0.39, 0.29) is 23.0 Å². The molecule has 0 spiro atoms. The highest BCUT2D eigenvalue weighted by atomic mass is 35.5. The second-order valence-corrected chi connectivity index (χ2v) is 3.77. The Morgan fingerprint density at radius 2 is 2.40 bits per heavy atom. The van der Waals surface area contributed by atoms with Crippen LogP contribution in [0.3, 0.4) is 0 Å².